The number of hydrogen-bond donors (Lipinski definition) is 3. The van der Waals surface area contributed by atoms with Crippen molar-refractivity contribution in [2.24, 2.45) is 5.92 Å². The first-order chi connectivity index (χ1) is 21.9. The molecule has 2 aromatic carbocycles. The number of furan rings is 1. The molecule has 12 heteroatoms. The quantitative estimate of drug-likeness (QED) is 0.391. The number of carbonyl (C=O) groups is 5. The molecule has 0 saturated carbocycles. The summed E-state index contributed by atoms with van der Waals surface area (Å²) in [7, 11) is 3.01. The van der Waals surface area contributed by atoms with E-state index in [1.807, 2.05) is 36.4 Å². The van der Waals surface area contributed by atoms with Gasteiger partial charge in [-0.1, -0.05) is 44.2 Å². The average molecular weight is 634 g/mol. The lowest BCUT2D eigenvalue weighted by Gasteiger charge is -2.32. The van der Waals surface area contributed by atoms with Crippen LogP contribution in [0.1, 0.15) is 48.9 Å². The van der Waals surface area contributed by atoms with Crippen LogP contribution >= 0.6 is 0 Å². The second kappa shape index (κ2) is 14.9. The smallest absolute Gasteiger partial charge is 0.290 e. The number of ether oxygens (including phenoxy) is 1. The molecule has 4 rings (SSSR count). The van der Waals surface area contributed by atoms with Gasteiger partial charge in [0.15, 0.2) is 5.76 Å². The zero-order valence-electron chi connectivity index (χ0n) is 27.2. The molecule has 0 unspecified atom stereocenters. The van der Waals surface area contributed by atoms with E-state index in [2.05, 4.69) is 16.0 Å². The van der Waals surface area contributed by atoms with Crippen molar-refractivity contribution in [2.45, 2.75) is 58.7 Å². The summed E-state index contributed by atoms with van der Waals surface area (Å²) in [4.78, 5) is 70.1. The molecule has 3 aromatic rings. The summed E-state index contributed by atoms with van der Waals surface area (Å²) in [6, 6.07) is 11.7. The Morgan fingerprint density at radius 2 is 1.76 bits per heavy atom. The summed E-state index contributed by atoms with van der Waals surface area (Å²) in [6.07, 6.45) is 0.558. The predicted molar refractivity (Wildman–Crippen MR) is 172 cm³/mol. The van der Waals surface area contributed by atoms with Crippen molar-refractivity contribution < 1.29 is 33.1 Å². The lowest BCUT2D eigenvalue weighted by molar-refractivity contribution is -0.140. The molecule has 3 atom stereocenters. The number of nitrogens with one attached hydrogen (secondary N) is 3. The van der Waals surface area contributed by atoms with Crippen LogP contribution in [0.3, 0.4) is 0 Å². The minimum Gasteiger partial charge on any atom is -0.497 e. The maximum absolute atomic E-state index is 14.0. The van der Waals surface area contributed by atoms with Crippen LogP contribution in [0.2, 0.25) is 0 Å². The van der Waals surface area contributed by atoms with E-state index in [0.29, 0.717) is 23.3 Å². The number of hydrogen-bond acceptors (Lipinski definition) is 7. The molecule has 0 spiro atoms. The molecule has 1 aromatic heterocycles. The zero-order valence-corrected chi connectivity index (χ0v) is 27.2. The molecule has 1 aliphatic rings. The Morgan fingerprint density at radius 3 is 2.43 bits per heavy atom. The molecular weight excluding hydrogens is 590 g/mol. The Bertz CT molecular complexity index is 1590. The Balaban J connectivity index is 1.65. The van der Waals surface area contributed by atoms with Crippen molar-refractivity contribution in [1.29, 1.82) is 0 Å². The van der Waals surface area contributed by atoms with Gasteiger partial charge in [-0.2, -0.15) is 0 Å². The Hall–Kier alpha value is -4.87. The highest BCUT2D eigenvalue weighted by atomic mass is 16.5. The largest absolute Gasteiger partial charge is 0.497 e. The average Bonchev–Trinajstić information content (AvgIpc) is 3.37. The van der Waals surface area contributed by atoms with E-state index in [-0.39, 0.29) is 37.7 Å². The van der Waals surface area contributed by atoms with Gasteiger partial charge in [0.2, 0.25) is 23.6 Å². The van der Waals surface area contributed by atoms with Crippen molar-refractivity contribution in [3.63, 3.8) is 0 Å². The number of fused-ring (bicyclic) bond motifs is 1. The van der Waals surface area contributed by atoms with Gasteiger partial charge in [-0.25, -0.2) is 0 Å². The lowest BCUT2D eigenvalue weighted by atomic mass is 10.0. The van der Waals surface area contributed by atoms with Gasteiger partial charge in [0.1, 0.15) is 29.5 Å². The molecule has 12 nitrogen and oxygen atoms in total. The molecular formula is C34H43N5O7. The summed E-state index contributed by atoms with van der Waals surface area (Å²) in [5.41, 5.74) is 1.94. The molecule has 0 bridgehead atoms. The van der Waals surface area contributed by atoms with E-state index in [4.69, 9.17) is 9.15 Å². The van der Waals surface area contributed by atoms with Gasteiger partial charge in [-0.3, -0.25) is 24.0 Å². The van der Waals surface area contributed by atoms with Crippen LogP contribution in [0.4, 0.5) is 0 Å². The Morgan fingerprint density at radius 1 is 1.04 bits per heavy atom. The minimum atomic E-state index is -0.994. The Kier molecular flexibility index (Phi) is 11.0. The highest BCUT2D eigenvalue weighted by Gasteiger charge is 2.35. The maximum atomic E-state index is 14.0. The van der Waals surface area contributed by atoms with Crippen LogP contribution in [0.5, 0.6) is 5.75 Å². The van der Waals surface area contributed by atoms with Crippen molar-refractivity contribution in [2.75, 3.05) is 33.8 Å². The number of methoxy groups -OCH3 is 1. The zero-order chi connectivity index (χ0) is 33.5. The number of carbonyl (C=O) groups excluding carboxylic acids is 5. The summed E-state index contributed by atoms with van der Waals surface area (Å²) in [6.45, 7) is 6.91. The van der Waals surface area contributed by atoms with E-state index < -0.39 is 47.7 Å². The first-order valence-corrected chi connectivity index (χ1v) is 15.5. The fraction of sp³-hybridized carbons (Fsp3) is 0.441. The second-order valence-electron chi connectivity index (χ2n) is 12.0. The molecule has 46 heavy (non-hydrogen) atoms. The van der Waals surface area contributed by atoms with Crippen LogP contribution in [0.25, 0.3) is 11.0 Å². The fourth-order valence-electron chi connectivity index (χ4n) is 5.48. The number of likely N-dealkylation sites (N-methyl/N-ethyl adjacent to an activating group) is 1. The lowest BCUT2D eigenvalue weighted by Crippen LogP contribution is -2.57. The van der Waals surface area contributed by atoms with E-state index in [1.54, 1.807) is 39.8 Å². The number of benzene rings is 2. The SMILES string of the molecule is COc1ccc2c(C)c(C(=O)N3CCCNC(=O)[C@H](Cc4ccccc4)NC(=O)CN(C)C(=O)[C@H](C(C)C)NC(=O)[C@H]3C)oc2c1. The first kappa shape index (κ1) is 34.0. The third-order valence-corrected chi connectivity index (χ3v) is 8.24. The molecule has 2 heterocycles. The first-order valence-electron chi connectivity index (χ1n) is 15.5. The van der Waals surface area contributed by atoms with E-state index >= 15 is 0 Å². The molecule has 1 aliphatic heterocycles. The monoisotopic (exact) mass is 633 g/mol. The van der Waals surface area contributed by atoms with Crippen LogP contribution in [0.15, 0.2) is 52.9 Å². The number of nitrogens with zero attached hydrogens (tertiary/aromatic N) is 2. The van der Waals surface area contributed by atoms with Crippen molar-refractivity contribution >= 4 is 40.5 Å². The van der Waals surface area contributed by atoms with Crippen LogP contribution in [-0.2, 0) is 25.6 Å². The molecule has 0 radical (unpaired) electrons. The summed E-state index contributed by atoms with van der Waals surface area (Å²) in [5.74, 6) is -2.06. The van der Waals surface area contributed by atoms with Gasteiger partial charge in [0.25, 0.3) is 5.91 Å². The van der Waals surface area contributed by atoms with E-state index in [9.17, 15) is 24.0 Å². The predicted octanol–water partition coefficient (Wildman–Crippen LogP) is 2.43. The summed E-state index contributed by atoms with van der Waals surface area (Å²) >= 11 is 0. The van der Waals surface area contributed by atoms with Crippen LogP contribution in [0, 0.1) is 12.8 Å². The summed E-state index contributed by atoms with van der Waals surface area (Å²) < 4.78 is 11.3. The maximum Gasteiger partial charge on any atom is 0.290 e. The molecule has 1 fully saturated rings. The molecule has 5 amide bonds. The van der Waals surface area contributed by atoms with E-state index in [0.717, 1.165) is 10.9 Å². The van der Waals surface area contributed by atoms with Gasteiger partial charge in [0.05, 0.1) is 13.7 Å². The third-order valence-electron chi connectivity index (χ3n) is 8.24. The second-order valence-corrected chi connectivity index (χ2v) is 12.0. The molecule has 246 valence electrons. The van der Waals surface area contributed by atoms with Crippen LogP contribution < -0.4 is 20.7 Å². The molecule has 0 aliphatic carbocycles. The highest BCUT2D eigenvalue weighted by Crippen LogP contribution is 2.30. The third kappa shape index (κ3) is 7.85. The highest BCUT2D eigenvalue weighted by molar-refractivity contribution is 6.01. The Labute approximate surface area is 268 Å². The number of aryl methyl sites for hydroxylation is 1. The standard InChI is InChI=1S/C34H43N5O7/c1-20(2)29-33(43)38(5)19-28(40)36-26(17-23-11-8-7-9-12-23)32(42)35-15-10-16-39(22(4)31(41)37-29)34(44)30-21(3)25-14-13-24(45-6)18-27(25)46-30/h7-9,11-14,18,20,22,26,29H,10,15-17,19H2,1-6H3,(H,35,42)(H,36,40)(H,37,41)/t22-,26+,29+/m1/s1. The number of rotatable bonds is 5. The van der Waals surface area contributed by atoms with Gasteiger partial charge >= 0.3 is 0 Å². The van der Waals surface area contributed by atoms with Gasteiger partial charge < -0.3 is 34.9 Å². The van der Waals surface area contributed by atoms with Crippen molar-refractivity contribution in [3.8, 4) is 5.75 Å². The fourth-order valence-corrected chi connectivity index (χ4v) is 5.48. The minimum absolute atomic E-state index is 0.0863. The van der Waals surface area contributed by atoms with Crippen LogP contribution in [-0.4, -0.2) is 91.3 Å². The van der Waals surface area contributed by atoms with Crippen molar-refractivity contribution in [1.82, 2.24) is 25.8 Å². The van der Waals surface area contributed by atoms with Crippen molar-refractivity contribution in [3.05, 3.63) is 65.4 Å². The molecule has 3 N–H and O–H groups in total. The molecule has 1 saturated heterocycles. The number of amides is 5. The van der Waals surface area contributed by atoms with Gasteiger partial charge in [-0.05, 0) is 43.9 Å². The topological polar surface area (TPSA) is 150 Å². The summed E-state index contributed by atoms with van der Waals surface area (Å²) in [5, 5.41) is 9.17. The van der Waals surface area contributed by atoms with Gasteiger partial charge in [0, 0.05) is 43.6 Å². The normalized spacial score (nSPS) is 20.8. The van der Waals surface area contributed by atoms with E-state index in [1.165, 1.54) is 24.0 Å². The van der Waals surface area contributed by atoms with Gasteiger partial charge in [-0.15, -0.1) is 0 Å².